The van der Waals surface area contributed by atoms with Gasteiger partial charge in [0.05, 0.1) is 6.61 Å². The van der Waals surface area contributed by atoms with Crippen LogP contribution in [0, 0.1) is 0 Å². The molecular formula is C9H21NOS. The molecule has 0 aliphatic rings. The van der Waals surface area contributed by atoms with Gasteiger partial charge in [0.2, 0.25) is 0 Å². The van der Waals surface area contributed by atoms with Crippen LogP contribution in [-0.4, -0.2) is 35.3 Å². The predicted molar refractivity (Wildman–Crippen MR) is 56.8 cm³/mol. The van der Waals surface area contributed by atoms with E-state index >= 15 is 0 Å². The molecule has 0 heterocycles. The van der Waals surface area contributed by atoms with Crippen molar-refractivity contribution in [1.29, 1.82) is 0 Å². The van der Waals surface area contributed by atoms with E-state index in [0.717, 1.165) is 12.3 Å². The van der Waals surface area contributed by atoms with Gasteiger partial charge in [0.15, 0.2) is 0 Å². The fraction of sp³-hybridized carbons (Fsp3) is 1.00. The first-order valence-corrected chi connectivity index (χ1v) is 5.75. The van der Waals surface area contributed by atoms with Gasteiger partial charge in [-0.05, 0) is 13.0 Å². The van der Waals surface area contributed by atoms with Gasteiger partial charge in [-0.25, -0.2) is 0 Å². The summed E-state index contributed by atoms with van der Waals surface area (Å²) in [6.45, 7) is 7.67. The maximum atomic E-state index is 8.97. The van der Waals surface area contributed by atoms with Gasteiger partial charge in [0.1, 0.15) is 0 Å². The van der Waals surface area contributed by atoms with Crippen molar-refractivity contribution < 1.29 is 5.11 Å². The van der Waals surface area contributed by atoms with Gasteiger partial charge in [-0.3, -0.25) is 0 Å². The van der Waals surface area contributed by atoms with Crippen molar-refractivity contribution in [2.75, 3.05) is 18.9 Å². The van der Waals surface area contributed by atoms with E-state index in [-0.39, 0.29) is 12.6 Å². The van der Waals surface area contributed by atoms with Crippen LogP contribution in [0.15, 0.2) is 0 Å². The van der Waals surface area contributed by atoms with Crippen LogP contribution in [0.3, 0.4) is 0 Å². The molecule has 0 saturated carbocycles. The molecule has 0 saturated heterocycles. The van der Waals surface area contributed by atoms with Crippen LogP contribution < -0.4 is 5.32 Å². The van der Waals surface area contributed by atoms with Crippen molar-refractivity contribution in [2.45, 2.75) is 38.5 Å². The molecule has 74 valence electrons. The van der Waals surface area contributed by atoms with E-state index in [4.69, 9.17) is 5.11 Å². The highest BCUT2D eigenvalue weighted by Crippen LogP contribution is 2.14. The summed E-state index contributed by atoms with van der Waals surface area (Å²) in [4.78, 5) is 0. The molecule has 2 unspecified atom stereocenters. The van der Waals surface area contributed by atoms with Gasteiger partial charge >= 0.3 is 0 Å². The van der Waals surface area contributed by atoms with Gasteiger partial charge in [0, 0.05) is 17.0 Å². The zero-order valence-corrected chi connectivity index (χ0v) is 9.16. The van der Waals surface area contributed by atoms with Crippen LogP contribution in [-0.2, 0) is 0 Å². The molecule has 0 radical (unpaired) electrons. The third kappa shape index (κ3) is 5.86. The second-order valence-corrected chi connectivity index (χ2v) is 4.46. The highest BCUT2D eigenvalue weighted by Gasteiger charge is 2.07. The molecule has 0 rings (SSSR count). The zero-order valence-electron chi connectivity index (χ0n) is 8.34. The minimum atomic E-state index is 0.247. The summed E-state index contributed by atoms with van der Waals surface area (Å²) < 4.78 is 0. The highest BCUT2D eigenvalue weighted by molar-refractivity contribution is 7.99. The molecule has 0 fully saturated rings. The summed E-state index contributed by atoms with van der Waals surface area (Å²) in [5.74, 6) is 1.01. The molecule has 0 aromatic heterocycles. The van der Waals surface area contributed by atoms with E-state index in [1.165, 1.54) is 6.42 Å². The SMILES string of the molecule is CCNC(CO)CSC(C)CC. The van der Waals surface area contributed by atoms with Crippen LogP contribution in [0.5, 0.6) is 0 Å². The van der Waals surface area contributed by atoms with Crippen LogP contribution >= 0.6 is 11.8 Å². The summed E-state index contributed by atoms with van der Waals surface area (Å²) in [6.07, 6.45) is 1.20. The molecule has 0 amide bonds. The lowest BCUT2D eigenvalue weighted by molar-refractivity contribution is 0.255. The molecule has 0 aliphatic carbocycles. The predicted octanol–water partition coefficient (Wildman–Crippen LogP) is 1.49. The van der Waals surface area contributed by atoms with Crippen LogP contribution in [0.25, 0.3) is 0 Å². The highest BCUT2D eigenvalue weighted by atomic mass is 32.2. The Bertz CT molecular complexity index is 101. The molecule has 0 aliphatic heterocycles. The number of aliphatic hydroxyl groups excluding tert-OH is 1. The Kier molecular flexibility index (Phi) is 8.07. The first kappa shape index (κ1) is 12.3. The van der Waals surface area contributed by atoms with Crippen molar-refractivity contribution in [2.24, 2.45) is 0 Å². The normalized spacial score (nSPS) is 16.0. The smallest absolute Gasteiger partial charge is 0.0592 e. The molecule has 2 nitrogen and oxygen atoms in total. The number of hydrogen-bond acceptors (Lipinski definition) is 3. The lowest BCUT2D eigenvalue weighted by Gasteiger charge is -2.16. The molecule has 0 bridgehead atoms. The van der Waals surface area contributed by atoms with Gasteiger partial charge in [-0.15, -0.1) is 0 Å². The summed E-state index contributed by atoms with van der Waals surface area (Å²) in [6, 6.07) is 0.272. The van der Waals surface area contributed by atoms with E-state index in [0.29, 0.717) is 5.25 Å². The van der Waals surface area contributed by atoms with Crippen molar-refractivity contribution >= 4 is 11.8 Å². The van der Waals surface area contributed by atoms with Gasteiger partial charge in [-0.2, -0.15) is 11.8 Å². The Hall–Kier alpha value is 0.270. The third-order valence-electron chi connectivity index (χ3n) is 1.87. The summed E-state index contributed by atoms with van der Waals surface area (Å²) in [5, 5.41) is 12.9. The van der Waals surface area contributed by atoms with E-state index in [1.807, 2.05) is 11.8 Å². The van der Waals surface area contributed by atoms with Crippen LogP contribution in [0.4, 0.5) is 0 Å². The number of nitrogens with one attached hydrogen (secondary N) is 1. The average molecular weight is 191 g/mol. The zero-order chi connectivity index (χ0) is 9.40. The topological polar surface area (TPSA) is 32.3 Å². The fourth-order valence-electron chi connectivity index (χ4n) is 0.863. The minimum absolute atomic E-state index is 0.247. The Labute approximate surface area is 80.1 Å². The number of aliphatic hydroxyl groups is 1. The van der Waals surface area contributed by atoms with Gasteiger partial charge in [-0.1, -0.05) is 20.8 Å². The van der Waals surface area contributed by atoms with Crippen molar-refractivity contribution in [3.63, 3.8) is 0 Å². The minimum Gasteiger partial charge on any atom is -0.395 e. The summed E-state index contributed by atoms with van der Waals surface area (Å²) in [5.41, 5.74) is 0. The van der Waals surface area contributed by atoms with E-state index in [2.05, 4.69) is 26.1 Å². The number of thioether (sulfide) groups is 1. The number of hydrogen-bond donors (Lipinski definition) is 2. The van der Waals surface area contributed by atoms with E-state index < -0.39 is 0 Å². The Balaban J connectivity index is 3.43. The van der Waals surface area contributed by atoms with Crippen molar-refractivity contribution in [3.05, 3.63) is 0 Å². The molecule has 0 spiro atoms. The van der Waals surface area contributed by atoms with Crippen LogP contribution in [0.1, 0.15) is 27.2 Å². The molecule has 0 aromatic carbocycles. The quantitative estimate of drug-likeness (QED) is 0.639. The molecule has 2 N–H and O–H groups in total. The van der Waals surface area contributed by atoms with Gasteiger partial charge in [0.25, 0.3) is 0 Å². The largest absolute Gasteiger partial charge is 0.395 e. The second kappa shape index (κ2) is 7.90. The lowest BCUT2D eigenvalue weighted by atomic mass is 10.3. The maximum absolute atomic E-state index is 8.97. The Morgan fingerprint density at radius 1 is 1.42 bits per heavy atom. The van der Waals surface area contributed by atoms with E-state index in [1.54, 1.807) is 0 Å². The average Bonchev–Trinajstić information content (AvgIpc) is 2.11. The van der Waals surface area contributed by atoms with Crippen LogP contribution in [0.2, 0.25) is 0 Å². The fourth-order valence-corrected chi connectivity index (χ4v) is 1.88. The van der Waals surface area contributed by atoms with E-state index in [9.17, 15) is 0 Å². The van der Waals surface area contributed by atoms with Crippen molar-refractivity contribution in [3.8, 4) is 0 Å². The second-order valence-electron chi connectivity index (χ2n) is 2.99. The molecule has 0 aromatic rings. The standard InChI is InChI=1S/C9H21NOS/c1-4-8(3)12-7-9(6-11)10-5-2/h8-11H,4-7H2,1-3H3. The first-order chi connectivity index (χ1) is 5.74. The number of rotatable bonds is 7. The molecule has 3 heteroatoms. The first-order valence-electron chi connectivity index (χ1n) is 4.70. The Morgan fingerprint density at radius 2 is 2.08 bits per heavy atom. The maximum Gasteiger partial charge on any atom is 0.0592 e. The lowest BCUT2D eigenvalue weighted by Crippen LogP contribution is -2.34. The monoisotopic (exact) mass is 191 g/mol. The van der Waals surface area contributed by atoms with Crippen molar-refractivity contribution in [1.82, 2.24) is 5.32 Å². The molecular weight excluding hydrogens is 170 g/mol. The summed E-state index contributed by atoms with van der Waals surface area (Å²) in [7, 11) is 0. The molecule has 12 heavy (non-hydrogen) atoms. The summed E-state index contributed by atoms with van der Waals surface area (Å²) >= 11 is 1.93. The Morgan fingerprint density at radius 3 is 2.50 bits per heavy atom. The molecule has 2 atom stereocenters. The third-order valence-corrected chi connectivity index (χ3v) is 3.37. The number of likely N-dealkylation sites (N-methyl/N-ethyl adjacent to an activating group) is 1. The van der Waals surface area contributed by atoms with Gasteiger partial charge < -0.3 is 10.4 Å².